The number of amides is 2. The summed E-state index contributed by atoms with van der Waals surface area (Å²) in [6, 6.07) is 8.71. The standard InChI is InChI=1S/C21H22N8O3/c30-20-15(2-1-5-22-20)26-21(31)27-17-11-23-28-18(17)19-24-14-4-3-13(10-16(14)25-19)12-29-6-8-32-9-7-29/h1-5,10-11H,6-9,12H2,(H,22,30)(H,23,28)(H,24,25)(H2,26,27,31). The topological polar surface area (TPSA) is 144 Å². The minimum Gasteiger partial charge on any atom is -0.379 e. The van der Waals surface area contributed by atoms with Crippen molar-refractivity contribution in [3.05, 3.63) is 58.6 Å². The van der Waals surface area contributed by atoms with E-state index in [2.05, 4.69) is 52.8 Å². The predicted octanol–water partition coefficient (Wildman–Crippen LogP) is 2.12. The van der Waals surface area contributed by atoms with E-state index >= 15 is 0 Å². The number of morpholine rings is 1. The summed E-state index contributed by atoms with van der Waals surface area (Å²) in [5.74, 6) is 0.550. The molecule has 11 nitrogen and oxygen atoms in total. The highest BCUT2D eigenvalue weighted by molar-refractivity contribution is 6.01. The number of ether oxygens (including phenoxy) is 1. The summed E-state index contributed by atoms with van der Waals surface area (Å²) < 4.78 is 5.41. The number of fused-ring (bicyclic) bond motifs is 1. The fourth-order valence-corrected chi connectivity index (χ4v) is 3.65. The van der Waals surface area contributed by atoms with Crippen molar-refractivity contribution in [2.75, 3.05) is 36.9 Å². The van der Waals surface area contributed by atoms with Gasteiger partial charge in [0.1, 0.15) is 11.4 Å². The third-order valence-electron chi connectivity index (χ3n) is 5.25. The summed E-state index contributed by atoms with van der Waals surface area (Å²) in [7, 11) is 0. The Morgan fingerprint density at radius 3 is 2.84 bits per heavy atom. The molecule has 5 N–H and O–H groups in total. The molecule has 0 spiro atoms. The largest absolute Gasteiger partial charge is 0.379 e. The molecule has 4 heterocycles. The fraction of sp³-hybridized carbons (Fsp3) is 0.238. The number of carbonyl (C=O) groups is 1. The summed E-state index contributed by atoms with van der Waals surface area (Å²) in [5, 5.41) is 12.1. The third-order valence-corrected chi connectivity index (χ3v) is 5.25. The van der Waals surface area contributed by atoms with E-state index in [4.69, 9.17) is 4.74 Å². The molecule has 11 heteroatoms. The number of rotatable bonds is 5. The lowest BCUT2D eigenvalue weighted by atomic mass is 10.2. The first-order chi connectivity index (χ1) is 15.7. The molecule has 2 amide bonds. The van der Waals surface area contributed by atoms with Gasteiger partial charge in [-0.2, -0.15) is 5.10 Å². The first-order valence-electron chi connectivity index (χ1n) is 10.2. The van der Waals surface area contributed by atoms with Crippen LogP contribution in [0.4, 0.5) is 16.2 Å². The van der Waals surface area contributed by atoms with Gasteiger partial charge in [-0.15, -0.1) is 0 Å². The molecule has 164 valence electrons. The van der Waals surface area contributed by atoms with Crippen LogP contribution in [0.15, 0.2) is 47.5 Å². The van der Waals surface area contributed by atoms with Gasteiger partial charge in [-0.05, 0) is 29.8 Å². The molecule has 1 aliphatic rings. The number of nitrogens with zero attached hydrogens (tertiary/aromatic N) is 3. The maximum atomic E-state index is 12.4. The zero-order valence-electron chi connectivity index (χ0n) is 17.1. The third kappa shape index (κ3) is 4.24. The van der Waals surface area contributed by atoms with Crippen LogP contribution < -0.4 is 16.2 Å². The number of anilines is 2. The van der Waals surface area contributed by atoms with Gasteiger partial charge in [0.15, 0.2) is 5.82 Å². The lowest BCUT2D eigenvalue weighted by Crippen LogP contribution is -2.35. The van der Waals surface area contributed by atoms with Crippen LogP contribution in [0.5, 0.6) is 0 Å². The van der Waals surface area contributed by atoms with E-state index in [-0.39, 0.29) is 11.2 Å². The quantitative estimate of drug-likeness (QED) is 0.325. The Kier molecular flexibility index (Phi) is 5.40. The van der Waals surface area contributed by atoms with Gasteiger partial charge < -0.3 is 25.3 Å². The molecule has 5 rings (SSSR count). The van der Waals surface area contributed by atoms with Crippen LogP contribution in [-0.4, -0.2) is 62.4 Å². The number of imidazole rings is 1. The first-order valence-corrected chi connectivity index (χ1v) is 10.2. The van der Waals surface area contributed by atoms with Gasteiger partial charge in [0.25, 0.3) is 5.56 Å². The van der Waals surface area contributed by atoms with E-state index in [9.17, 15) is 9.59 Å². The number of urea groups is 1. The van der Waals surface area contributed by atoms with Gasteiger partial charge in [-0.3, -0.25) is 14.8 Å². The van der Waals surface area contributed by atoms with E-state index in [1.165, 1.54) is 24.0 Å². The number of carbonyl (C=O) groups excluding carboxylic acids is 1. The average molecular weight is 434 g/mol. The van der Waals surface area contributed by atoms with Crippen LogP contribution in [0, 0.1) is 0 Å². The Morgan fingerprint density at radius 1 is 1.16 bits per heavy atom. The second-order valence-electron chi connectivity index (χ2n) is 7.48. The zero-order valence-corrected chi connectivity index (χ0v) is 17.1. The van der Waals surface area contributed by atoms with Crippen molar-refractivity contribution in [3.63, 3.8) is 0 Å². The molecule has 3 aromatic heterocycles. The molecule has 0 radical (unpaired) electrons. The monoisotopic (exact) mass is 434 g/mol. The maximum Gasteiger partial charge on any atom is 0.323 e. The van der Waals surface area contributed by atoms with Crippen molar-refractivity contribution < 1.29 is 9.53 Å². The number of H-pyrrole nitrogens is 3. The molecule has 4 aromatic rings. The van der Waals surface area contributed by atoms with Gasteiger partial charge in [0.2, 0.25) is 0 Å². The number of aromatic nitrogens is 5. The van der Waals surface area contributed by atoms with Gasteiger partial charge in [0, 0.05) is 25.8 Å². The highest BCUT2D eigenvalue weighted by Crippen LogP contribution is 2.26. The Labute approximate surface area is 182 Å². The second kappa shape index (κ2) is 8.65. The van der Waals surface area contributed by atoms with Crippen molar-refractivity contribution in [2.24, 2.45) is 0 Å². The summed E-state index contributed by atoms with van der Waals surface area (Å²) in [4.78, 5) is 36.9. The fourth-order valence-electron chi connectivity index (χ4n) is 3.65. The van der Waals surface area contributed by atoms with Crippen LogP contribution in [0.1, 0.15) is 5.56 Å². The van der Waals surface area contributed by atoms with Crippen molar-refractivity contribution in [1.29, 1.82) is 0 Å². The van der Waals surface area contributed by atoms with Crippen LogP contribution >= 0.6 is 0 Å². The molecule has 1 fully saturated rings. The Hall–Kier alpha value is -3.96. The molecule has 0 bridgehead atoms. The van der Waals surface area contributed by atoms with Gasteiger partial charge >= 0.3 is 6.03 Å². The van der Waals surface area contributed by atoms with E-state index in [1.54, 1.807) is 6.07 Å². The maximum absolute atomic E-state index is 12.4. The van der Waals surface area contributed by atoms with Crippen molar-refractivity contribution in [1.82, 2.24) is 30.0 Å². The predicted molar refractivity (Wildman–Crippen MR) is 119 cm³/mol. The molecule has 1 aromatic carbocycles. The van der Waals surface area contributed by atoms with Crippen molar-refractivity contribution >= 4 is 28.4 Å². The summed E-state index contributed by atoms with van der Waals surface area (Å²) >= 11 is 0. The van der Waals surface area contributed by atoms with Crippen molar-refractivity contribution in [2.45, 2.75) is 6.54 Å². The molecule has 0 unspecified atom stereocenters. The number of nitrogens with one attached hydrogen (secondary N) is 5. The minimum atomic E-state index is -0.562. The Morgan fingerprint density at radius 2 is 2.00 bits per heavy atom. The number of pyridine rings is 1. The van der Waals surface area contributed by atoms with Crippen LogP contribution in [-0.2, 0) is 11.3 Å². The smallest absolute Gasteiger partial charge is 0.323 e. The molecule has 0 saturated carbocycles. The number of aromatic amines is 3. The molecule has 1 aliphatic heterocycles. The number of benzene rings is 1. The molecule has 1 saturated heterocycles. The van der Waals surface area contributed by atoms with Gasteiger partial charge in [-0.25, -0.2) is 9.78 Å². The molecule has 32 heavy (non-hydrogen) atoms. The van der Waals surface area contributed by atoms with Crippen molar-refractivity contribution in [3.8, 4) is 11.5 Å². The van der Waals surface area contributed by atoms with Crippen LogP contribution in [0.2, 0.25) is 0 Å². The lowest BCUT2D eigenvalue weighted by molar-refractivity contribution is 0.0342. The Bertz CT molecular complexity index is 1300. The summed E-state index contributed by atoms with van der Waals surface area (Å²) in [6.07, 6.45) is 2.98. The number of hydrogen-bond donors (Lipinski definition) is 5. The SMILES string of the molecule is O=C(Nc1cn[nH]c1-c1nc2ccc(CN3CCOCC3)cc2[nH]1)Nc1ccc[nH]c1=O. The van der Waals surface area contributed by atoms with E-state index < -0.39 is 6.03 Å². The Balaban J connectivity index is 1.33. The minimum absolute atomic E-state index is 0.145. The van der Waals surface area contributed by atoms with E-state index in [0.717, 1.165) is 43.9 Å². The molecular weight excluding hydrogens is 412 g/mol. The van der Waals surface area contributed by atoms with Gasteiger partial charge in [0.05, 0.1) is 36.1 Å². The van der Waals surface area contributed by atoms with E-state index in [0.29, 0.717) is 17.2 Å². The zero-order chi connectivity index (χ0) is 21.9. The average Bonchev–Trinajstić information content (AvgIpc) is 3.42. The summed E-state index contributed by atoms with van der Waals surface area (Å²) in [6.45, 7) is 4.22. The lowest BCUT2D eigenvalue weighted by Gasteiger charge is -2.26. The number of hydrogen-bond acceptors (Lipinski definition) is 6. The van der Waals surface area contributed by atoms with Crippen LogP contribution in [0.3, 0.4) is 0 Å². The normalized spacial score (nSPS) is 14.5. The van der Waals surface area contributed by atoms with Gasteiger partial charge in [-0.1, -0.05) is 6.07 Å². The molecule has 0 aliphatic carbocycles. The molecular formula is C21H22N8O3. The highest BCUT2D eigenvalue weighted by Gasteiger charge is 2.16. The first kappa shape index (κ1) is 20.0. The van der Waals surface area contributed by atoms with Crippen LogP contribution in [0.25, 0.3) is 22.6 Å². The second-order valence-corrected chi connectivity index (χ2v) is 7.48. The highest BCUT2D eigenvalue weighted by atomic mass is 16.5. The molecule has 0 atom stereocenters. The van der Waals surface area contributed by atoms with E-state index in [1.807, 2.05) is 6.07 Å². The summed E-state index contributed by atoms with van der Waals surface area (Å²) in [5.41, 5.74) is 3.62.